The molecule has 2 aliphatic rings. The molecule has 1 N–H and O–H groups in total. The lowest BCUT2D eigenvalue weighted by Crippen LogP contribution is -2.42. The zero-order valence-electron chi connectivity index (χ0n) is 16.4. The van der Waals surface area contributed by atoms with Gasteiger partial charge in [0.05, 0.1) is 24.0 Å². The summed E-state index contributed by atoms with van der Waals surface area (Å²) >= 11 is 0. The highest BCUT2D eigenvalue weighted by Crippen LogP contribution is 2.43. The molecule has 3 aromatic heterocycles. The van der Waals surface area contributed by atoms with Gasteiger partial charge in [0.15, 0.2) is 11.6 Å². The van der Waals surface area contributed by atoms with E-state index < -0.39 is 5.97 Å². The fraction of sp³-hybridized carbons (Fsp3) is 0.474. The summed E-state index contributed by atoms with van der Waals surface area (Å²) in [6.45, 7) is 4.08. The van der Waals surface area contributed by atoms with Crippen molar-refractivity contribution < 1.29 is 9.90 Å². The highest BCUT2D eigenvalue weighted by Gasteiger charge is 2.39. The van der Waals surface area contributed by atoms with Crippen LogP contribution in [0.25, 0.3) is 11.6 Å². The number of aryl methyl sites for hydroxylation is 1. The quantitative estimate of drug-likeness (QED) is 0.718. The number of carbonyl (C=O) groups is 1. The number of carboxylic acid groups (broad SMARTS) is 1. The van der Waals surface area contributed by atoms with Crippen molar-refractivity contribution in [3.63, 3.8) is 0 Å². The topological polar surface area (TPSA) is 115 Å². The van der Waals surface area contributed by atoms with E-state index in [0.717, 1.165) is 42.4 Å². The van der Waals surface area contributed by atoms with Gasteiger partial charge >= 0.3 is 5.97 Å². The van der Waals surface area contributed by atoms with Crippen LogP contribution in [0.15, 0.2) is 18.6 Å². The number of hydrogen-bond acceptors (Lipinski definition) is 7. The minimum Gasteiger partial charge on any atom is -0.478 e. The molecule has 0 saturated heterocycles. The van der Waals surface area contributed by atoms with Gasteiger partial charge in [0.1, 0.15) is 11.5 Å². The van der Waals surface area contributed by atoms with Crippen LogP contribution in [0.2, 0.25) is 0 Å². The Kier molecular flexibility index (Phi) is 4.07. The van der Waals surface area contributed by atoms with E-state index >= 15 is 0 Å². The summed E-state index contributed by atoms with van der Waals surface area (Å²) in [5, 5.41) is 22.1. The van der Waals surface area contributed by atoms with Gasteiger partial charge in [-0.25, -0.2) is 14.5 Å². The van der Waals surface area contributed by atoms with Gasteiger partial charge in [-0.3, -0.25) is 4.57 Å². The van der Waals surface area contributed by atoms with Gasteiger partial charge in [-0.1, -0.05) is 19.8 Å². The minimum absolute atomic E-state index is 0.0850. The molecule has 4 heterocycles. The Morgan fingerprint density at radius 2 is 2.03 bits per heavy atom. The molecule has 0 bridgehead atoms. The van der Waals surface area contributed by atoms with E-state index in [-0.39, 0.29) is 11.6 Å². The molecule has 1 aliphatic carbocycles. The number of aromatic carboxylic acids is 1. The average molecular weight is 394 g/mol. The van der Waals surface area contributed by atoms with Crippen molar-refractivity contribution in [3.05, 3.63) is 35.8 Å². The van der Waals surface area contributed by atoms with Gasteiger partial charge in [0, 0.05) is 12.2 Å². The highest BCUT2D eigenvalue weighted by molar-refractivity contribution is 5.86. The Bertz CT molecular complexity index is 1080. The molecule has 5 rings (SSSR count). The van der Waals surface area contributed by atoms with Gasteiger partial charge in [-0.2, -0.15) is 10.1 Å². The number of anilines is 1. The summed E-state index contributed by atoms with van der Waals surface area (Å²) in [6, 6.07) is 0.473. The molecular weight excluding hydrogens is 372 g/mol. The largest absolute Gasteiger partial charge is 0.478 e. The maximum atomic E-state index is 11.2. The Morgan fingerprint density at radius 3 is 2.72 bits per heavy atom. The molecule has 0 aromatic carbocycles. The van der Waals surface area contributed by atoms with E-state index in [4.69, 9.17) is 4.98 Å². The van der Waals surface area contributed by atoms with Gasteiger partial charge in [0.2, 0.25) is 0 Å². The summed E-state index contributed by atoms with van der Waals surface area (Å²) in [4.78, 5) is 22.9. The lowest BCUT2D eigenvalue weighted by atomic mass is 10.0. The van der Waals surface area contributed by atoms with Crippen molar-refractivity contribution in [1.29, 1.82) is 0 Å². The summed E-state index contributed by atoms with van der Waals surface area (Å²) < 4.78 is 3.44. The van der Waals surface area contributed by atoms with Crippen molar-refractivity contribution in [2.24, 2.45) is 0 Å². The molecule has 0 unspecified atom stereocenters. The lowest BCUT2D eigenvalue weighted by Gasteiger charge is -2.41. The monoisotopic (exact) mass is 394 g/mol. The fourth-order valence-corrected chi connectivity index (χ4v) is 4.51. The highest BCUT2D eigenvalue weighted by atomic mass is 16.4. The van der Waals surface area contributed by atoms with Crippen molar-refractivity contribution in [2.45, 2.75) is 58.0 Å². The van der Waals surface area contributed by atoms with Crippen LogP contribution in [-0.2, 0) is 0 Å². The Morgan fingerprint density at radius 1 is 1.24 bits per heavy atom. The molecule has 1 atom stereocenters. The number of aromatic nitrogens is 7. The summed E-state index contributed by atoms with van der Waals surface area (Å²) in [5.41, 5.74) is 0.954. The zero-order valence-corrected chi connectivity index (χ0v) is 16.4. The number of nitrogens with zero attached hydrogens (tertiary/aromatic N) is 8. The number of hydrogen-bond donors (Lipinski definition) is 1. The molecule has 1 saturated carbocycles. The average Bonchev–Trinajstić information content (AvgIpc) is 3.47. The van der Waals surface area contributed by atoms with Crippen LogP contribution in [0, 0.1) is 6.92 Å². The van der Waals surface area contributed by atoms with Crippen LogP contribution in [-0.4, -0.2) is 51.6 Å². The summed E-state index contributed by atoms with van der Waals surface area (Å²) in [6.07, 6.45) is 10.0. The Hall–Kier alpha value is -3.30. The standard InChI is InChI=1S/C19H22N8O2/c1-3-14-17-24-23-11(2)26(17)15-9-20-19(25-10-12(8-21-25)18(28)29)22-16(15)27(14)13-6-4-5-7-13/h8-10,13-14H,3-7H2,1-2H3,(H,28,29)/t14-/m1/s1. The predicted octanol–water partition coefficient (Wildman–Crippen LogP) is 2.46. The predicted molar refractivity (Wildman–Crippen MR) is 104 cm³/mol. The van der Waals surface area contributed by atoms with E-state index in [9.17, 15) is 9.90 Å². The van der Waals surface area contributed by atoms with Crippen molar-refractivity contribution >= 4 is 11.8 Å². The van der Waals surface area contributed by atoms with Crippen LogP contribution in [0.4, 0.5) is 5.82 Å². The first kappa shape index (κ1) is 17.8. The molecular formula is C19H22N8O2. The van der Waals surface area contributed by atoms with Crippen LogP contribution in [0.3, 0.4) is 0 Å². The Labute approximate surface area is 167 Å². The molecule has 10 heteroatoms. The van der Waals surface area contributed by atoms with Crippen molar-refractivity contribution in [2.75, 3.05) is 4.90 Å². The molecule has 10 nitrogen and oxygen atoms in total. The minimum atomic E-state index is -1.03. The second-order valence-electron chi connectivity index (χ2n) is 7.57. The van der Waals surface area contributed by atoms with Gasteiger partial charge in [-0.15, -0.1) is 10.2 Å². The van der Waals surface area contributed by atoms with Crippen LogP contribution in [0.1, 0.15) is 67.1 Å². The zero-order chi connectivity index (χ0) is 20.1. The third-order valence-electron chi connectivity index (χ3n) is 5.85. The van der Waals surface area contributed by atoms with Crippen LogP contribution < -0.4 is 4.90 Å². The van der Waals surface area contributed by atoms with Crippen LogP contribution >= 0.6 is 0 Å². The van der Waals surface area contributed by atoms with Gasteiger partial charge in [-0.05, 0) is 26.2 Å². The molecule has 1 aliphatic heterocycles. The first-order valence-electron chi connectivity index (χ1n) is 9.94. The first-order valence-corrected chi connectivity index (χ1v) is 9.94. The molecule has 0 radical (unpaired) electrons. The maximum absolute atomic E-state index is 11.2. The molecule has 29 heavy (non-hydrogen) atoms. The third kappa shape index (κ3) is 2.70. The summed E-state index contributed by atoms with van der Waals surface area (Å²) in [5.74, 6) is 1.87. The van der Waals surface area contributed by atoms with Crippen molar-refractivity contribution in [3.8, 4) is 11.6 Å². The Balaban J connectivity index is 1.68. The fourth-order valence-electron chi connectivity index (χ4n) is 4.51. The third-order valence-corrected chi connectivity index (χ3v) is 5.85. The van der Waals surface area contributed by atoms with Crippen LogP contribution in [0.5, 0.6) is 0 Å². The number of carboxylic acids is 1. The van der Waals surface area contributed by atoms with E-state index in [0.29, 0.717) is 12.0 Å². The number of fused-ring (bicyclic) bond motifs is 3. The van der Waals surface area contributed by atoms with E-state index in [1.165, 1.54) is 29.9 Å². The SMILES string of the molecule is CC[C@@H]1c2nnc(C)n2-c2cnc(-n3cc(C(=O)O)cn3)nc2N1C1CCCC1. The normalized spacial score (nSPS) is 18.7. The second kappa shape index (κ2) is 6.64. The molecule has 150 valence electrons. The van der Waals surface area contributed by atoms with Crippen molar-refractivity contribution in [1.82, 2.24) is 34.5 Å². The first-order chi connectivity index (χ1) is 14.1. The van der Waals surface area contributed by atoms with Gasteiger partial charge < -0.3 is 10.0 Å². The molecule has 1 fully saturated rings. The maximum Gasteiger partial charge on any atom is 0.338 e. The summed E-state index contributed by atoms with van der Waals surface area (Å²) in [7, 11) is 0. The lowest BCUT2D eigenvalue weighted by molar-refractivity contribution is 0.0697. The number of rotatable bonds is 4. The van der Waals surface area contributed by atoms with E-state index in [2.05, 4.69) is 32.1 Å². The van der Waals surface area contributed by atoms with E-state index in [1.807, 2.05) is 11.5 Å². The van der Waals surface area contributed by atoms with Gasteiger partial charge in [0.25, 0.3) is 5.95 Å². The smallest absolute Gasteiger partial charge is 0.338 e. The molecule has 0 spiro atoms. The molecule has 0 amide bonds. The molecule has 3 aromatic rings. The van der Waals surface area contributed by atoms with E-state index in [1.54, 1.807) is 6.20 Å². The second-order valence-corrected chi connectivity index (χ2v) is 7.57.